The minimum absolute atomic E-state index is 0.399. The summed E-state index contributed by atoms with van der Waals surface area (Å²) in [5.74, 6) is -3.04. The molecular formula is C13H24N4O8. The van der Waals surface area contributed by atoms with E-state index in [2.05, 4.69) is 0 Å². The normalized spacial score (nSPS) is 10.7. The largest absolute Gasteiger partial charge is 0.464 e. The van der Waals surface area contributed by atoms with E-state index in [-0.39, 0.29) is 0 Å². The standard InChI is InChI=1S/C13H24N4O8/c14-1-9(18)22-5-13(6-23-10(19)2-15,7-24-11(20)3-16)8-25-12(21)4-17/h1-8,14-17H2. The van der Waals surface area contributed by atoms with E-state index in [1.807, 2.05) is 0 Å². The minimum atomic E-state index is -1.37. The third-order valence-corrected chi connectivity index (χ3v) is 2.82. The van der Waals surface area contributed by atoms with E-state index in [0.29, 0.717) is 0 Å². The number of hydrogen-bond donors (Lipinski definition) is 4. The molecule has 0 saturated heterocycles. The first-order valence-electron chi connectivity index (χ1n) is 7.25. The van der Waals surface area contributed by atoms with E-state index in [1.54, 1.807) is 0 Å². The van der Waals surface area contributed by atoms with Crippen molar-refractivity contribution in [1.29, 1.82) is 0 Å². The van der Waals surface area contributed by atoms with Crippen molar-refractivity contribution in [3.8, 4) is 0 Å². The zero-order chi connectivity index (χ0) is 19.3. The molecule has 0 aliphatic rings. The highest BCUT2D eigenvalue weighted by Crippen LogP contribution is 2.21. The third kappa shape index (κ3) is 9.56. The summed E-state index contributed by atoms with van der Waals surface area (Å²) in [6.07, 6.45) is 0. The van der Waals surface area contributed by atoms with Gasteiger partial charge in [-0.15, -0.1) is 0 Å². The molecule has 0 aromatic rings. The third-order valence-electron chi connectivity index (χ3n) is 2.82. The Morgan fingerprint density at radius 1 is 0.520 bits per heavy atom. The smallest absolute Gasteiger partial charge is 0.319 e. The Morgan fingerprint density at radius 2 is 0.720 bits per heavy atom. The average Bonchev–Trinajstić information content (AvgIpc) is 2.65. The second kappa shape index (κ2) is 12.1. The number of hydrogen-bond acceptors (Lipinski definition) is 12. The molecule has 12 heteroatoms. The summed E-state index contributed by atoms with van der Waals surface area (Å²) in [6.45, 7) is -3.22. The van der Waals surface area contributed by atoms with Crippen LogP contribution in [0.3, 0.4) is 0 Å². The lowest BCUT2D eigenvalue weighted by Crippen LogP contribution is -2.45. The minimum Gasteiger partial charge on any atom is -0.464 e. The highest BCUT2D eigenvalue weighted by molar-refractivity contribution is 5.73. The van der Waals surface area contributed by atoms with Crippen LogP contribution in [0.4, 0.5) is 0 Å². The molecule has 0 spiro atoms. The van der Waals surface area contributed by atoms with Crippen molar-refractivity contribution < 1.29 is 38.1 Å². The Hall–Kier alpha value is -2.28. The van der Waals surface area contributed by atoms with Crippen LogP contribution in [0.5, 0.6) is 0 Å². The summed E-state index contributed by atoms with van der Waals surface area (Å²) in [7, 11) is 0. The van der Waals surface area contributed by atoms with Gasteiger partial charge in [0.15, 0.2) is 0 Å². The molecule has 0 aromatic carbocycles. The van der Waals surface area contributed by atoms with Crippen LogP contribution in [-0.2, 0) is 38.1 Å². The first-order valence-corrected chi connectivity index (χ1v) is 7.25. The van der Waals surface area contributed by atoms with Gasteiger partial charge in [0.05, 0.1) is 26.2 Å². The molecule has 0 heterocycles. The molecule has 144 valence electrons. The molecule has 0 aliphatic heterocycles. The quantitative estimate of drug-likeness (QED) is 0.193. The number of rotatable bonds is 12. The van der Waals surface area contributed by atoms with Gasteiger partial charge in [-0.2, -0.15) is 0 Å². The van der Waals surface area contributed by atoms with Gasteiger partial charge < -0.3 is 41.9 Å². The zero-order valence-corrected chi connectivity index (χ0v) is 13.7. The van der Waals surface area contributed by atoms with E-state index in [4.69, 9.17) is 41.9 Å². The second-order valence-corrected chi connectivity index (χ2v) is 4.96. The van der Waals surface area contributed by atoms with Crippen molar-refractivity contribution in [2.45, 2.75) is 0 Å². The molecule has 25 heavy (non-hydrogen) atoms. The van der Waals surface area contributed by atoms with Crippen LogP contribution in [0.25, 0.3) is 0 Å². The molecule has 0 saturated carbocycles. The van der Waals surface area contributed by atoms with Crippen LogP contribution in [-0.4, -0.2) is 76.5 Å². The molecule has 0 aliphatic carbocycles. The Balaban J connectivity index is 5.24. The molecule has 0 fully saturated rings. The van der Waals surface area contributed by atoms with Crippen LogP contribution in [0, 0.1) is 5.41 Å². The highest BCUT2D eigenvalue weighted by Gasteiger charge is 2.37. The lowest BCUT2D eigenvalue weighted by molar-refractivity contribution is -0.168. The van der Waals surface area contributed by atoms with Gasteiger partial charge in [0.1, 0.15) is 31.8 Å². The average molecular weight is 364 g/mol. The summed E-state index contributed by atoms with van der Waals surface area (Å²) in [5.41, 5.74) is 19.2. The van der Waals surface area contributed by atoms with Gasteiger partial charge in [-0.1, -0.05) is 0 Å². The van der Waals surface area contributed by atoms with Crippen LogP contribution in [0.2, 0.25) is 0 Å². The number of esters is 4. The lowest BCUT2D eigenvalue weighted by Gasteiger charge is -2.31. The maximum atomic E-state index is 11.3. The van der Waals surface area contributed by atoms with E-state index in [0.717, 1.165) is 0 Å². The number of carbonyl (C=O) groups excluding carboxylic acids is 4. The summed E-state index contributed by atoms with van der Waals surface area (Å²) in [5, 5.41) is 0. The van der Waals surface area contributed by atoms with Gasteiger partial charge in [-0.05, 0) is 0 Å². The van der Waals surface area contributed by atoms with E-state index in [9.17, 15) is 19.2 Å². The van der Waals surface area contributed by atoms with Crippen molar-refractivity contribution in [2.24, 2.45) is 28.3 Å². The van der Waals surface area contributed by atoms with Gasteiger partial charge in [-0.25, -0.2) is 0 Å². The van der Waals surface area contributed by atoms with Crippen LogP contribution < -0.4 is 22.9 Å². The van der Waals surface area contributed by atoms with Crippen molar-refractivity contribution in [3.63, 3.8) is 0 Å². The Labute approximate surface area is 144 Å². The van der Waals surface area contributed by atoms with Crippen LogP contribution in [0.15, 0.2) is 0 Å². The van der Waals surface area contributed by atoms with Crippen molar-refractivity contribution in [2.75, 3.05) is 52.6 Å². The zero-order valence-electron chi connectivity index (χ0n) is 13.7. The molecule has 0 rings (SSSR count). The van der Waals surface area contributed by atoms with Crippen LogP contribution in [0.1, 0.15) is 0 Å². The SMILES string of the molecule is NCC(=O)OCC(COC(=O)CN)(COC(=O)CN)COC(=O)CN. The fourth-order valence-electron chi connectivity index (χ4n) is 1.42. The van der Waals surface area contributed by atoms with E-state index >= 15 is 0 Å². The van der Waals surface area contributed by atoms with E-state index < -0.39 is 81.9 Å². The number of carbonyl (C=O) groups is 4. The Bertz CT molecular complexity index is 385. The van der Waals surface area contributed by atoms with Gasteiger partial charge >= 0.3 is 23.9 Å². The van der Waals surface area contributed by atoms with Crippen molar-refractivity contribution in [3.05, 3.63) is 0 Å². The maximum absolute atomic E-state index is 11.3. The number of ether oxygens (including phenoxy) is 4. The molecule has 12 nitrogen and oxygen atoms in total. The molecular weight excluding hydrogens is 340 g/mol. The molecule has 8 N–H and O–H groups in total. The predicted molar refractivity (Wildman–Crippen MR) is 82.5 cm³/mol. The monoisotopic (exact) mass is 364 g/mol. The summed E-state index contributed by atoms with van der Waals surface area (Å²) < 4.78 is 19.7. The fourth-order valence-corrected chi connectivity index (χ4v) is 1.42. The Kier molecular flexibility index (Phi) is 11.0. The second-order valence-electron chi connectivity index (χ2n) is 4.96. The van der Waals surface area contributed by atoms with Crippen molar-refractivity contribution in [1.82, 2.24) is 0 Å². The van der Waals surface area contributed by atoms with Gasteiger partial charge in [0.2, 0.25) is 0 Å². The molecule has 0 radical (unpaired) electrons. The first kappa shape index (κ1) is 22.7. The van der Waals surface area contributed by atoms with Gasteiger partial charge in [0, 0.05) is 0 Å². The maximum Gasteiger partial charge on any atom is 0.319 e. The number of nitrogens with two attached hydrogens (primary N) is 4. The predicted octanol–water partition coefficient (Wildman–Crippen LogP) is -4.02. The summed E-state index contributed by atoms with van der Waals surface area (Å²) in [6, 6.07) is 0. The lowest BCUT2D eigenvalue weighted by atomic mass is 9.92. The Morgan fingerprint density at radius 3 is 0.880 bits per heavy atom. The van der Waals surface area contributed by atoms with Crippen LogP contribution >= 0.6 is 0 Å². The molecule has 0 amide bonds. The highest BCUT2D eigenvalue weighted by atomic mass is 16.6. The van der Waals surface area contributed by atoms with E-state index in [1.165, 1.54) is 0 Å². The fraction of sp³-hybridized carbons (Fsp3) is 0.692. The topological polar surface area (TPSA) is 209 Å². The van der Waals surface area contributed by atoms with Gasteiger partial charge in [-0.3, -0.25) is 19.2 Å². The molecule has 0 atom stereocenters. The summed E-state index contributed by atoms with van der Waals surface area (Å²) >= 11 is 0. The summed E-state index contributed by atoms with van der Waals surface area (Å²) in [4.78, 5) is 45.2. The molecule has 0 aromatic heterocycles. The van der Waals surface area contributed by atoms with Gasteiger partial charge in [0.25, 0.3) is 0 Å². The first-order chi connectivity index (χ1) is 11.8. The molecule has 0 unspecified atom stereocenters. The van der Waals surface area contributed by atoms with Crippen molar-refractivity contribution >= 4 is 23.9 Å². The molecule has 0 bridgehead atoms.